The fourth-order valence-corrected chi connectivity index (χ4v) is 2.86. The first-order valence-corrected chi connectivity index (χ1v) is 8.17. The van der Waals surface area contributed by atoms with Gasteiger partial charge in [-0.05, 0) is 6.42 Å². The number of halogens is 6. The molecule has 0 spiro atoms. The molecule has 1 atom stereocenters. The zero-order valence-corrected chi connectivity index (χ0v) is 14.8. The zero-order valence-electron chi connectivity index (χ0n) is 10.3. The van der Waals surface area contributed by atoms with Crippen LogP contribution in [-0.4, -0.2) is 36.7 Å². The Morgan fingerprint density at radius 2 is 1.68 bits per heavy atom. The minimum Gasteiger partial charge on any atom is -0.290 e. The standard InChI is InChI=1S/C10H15Cl6N3/c1-2-3-4-5-6-19-8(9(11,12)13)18(7-17-19)10(14,15)16/h7-8H,2-6H2,1H3. The molecule has 1 rings (SSSR count). The van der Waals surface area contributed by atoms with E-state index >= 15 is 0 Å². The second kappa shape index (κ2) is 7.33. The molecular formula is C10H15Cl6N3. The summed E-state index contributed by atoms with van der Waals surface area (Å²) >= 11 is 35.5. The minimum atomic E-state index is -1.71. The van der Waals surface area contributed by atoms with Crippen LogP contribution in [0.25, 0.3) is 0 Å². The van der Waals surface area contributed by atoms with Gasteiger partial charge in [0.15, 0.2) is 6.17 Å². The van der Waals surface area contributed by atoms with Gasteiger partial charge in [0.05, 0.1) is 0 Å². The summed E-state index contributed by atoms with van der Waals surface area (Å²) in [5, 5.41) is 5.80. The Bertz CT molecular complexity index is 311. The molecule has 1 aliphatic rings. The molecule has 0 saturated carbocycles. The number of hydrogen-bond acceptors (Lipinski definition) is 3. The molecule has 0 aromatic heterocycles. The van der Waals surface area contributed by atoms with Gasteiger partial charge in [0.2, 0.25) is 3.79 Å². The van der Waals surface area contributed by atoms with Gasteiger partial charge in [0.25, 0.3) is 3.92 Å². The van der Waals surface area contributed by atoms with Gasteiger partial charge in [-0.1, -0.05) is 95.8 Å². The normalized spacial score (nSPS) is 20.5. The molecule has 0 aliphatic carbocycles. The predicted molar refractivity (Wildman–Crippen MR) is 85.5 cm³/mol. The Morgan fingerprint density at radius 3 is 2.16 bits per heavy atom. The van der Waals surface area contributed by atoms with Crippen LogP contribution in [0.15, 0.2) is 5.10 Å². The summed E-state index contributed by atoms with van der Waals surface area (Å²) in [5.41, 5.74) is 0. The van der Waals surface area contributed by atoms with Crippen LogP contribution in [0, 0.1) is 0 Å². The summed E-state index contributed by atoms with van der Waals surface area (Å²) in [6.07, 6.45) is 4.99. The maximum Gasteiger partial charge on any atom is 0.270 e. The maximum atomic E-state index is 5.97. The van der Waals surface area contributed by atoms with Crippen LogP contribution in [0.5, 0.6) is 0 Å². The highest BCUT2D eigenvalue weighted by Gasteiger charge is 2.49. The molecule has 0 fully saturated rings. The quantitative estimate of drug-likeness (QED) is 0.368. The number of nitrogens with zero attached hydrogens (tertiary/aromatic N) is 3. The van der Waals surface area contributed by atoms with Gasteiger partial charge in [-0.3, -0.25) is 9.91 Å². The van der Waals surface area contributed by atoms with Gasteiger partial charge in [-0.25, -0.2) is 0 Å². The van der Waals surface area contributed by atoms with Crippen molar-refractivity contribution in [2.75, 3.05) is 6.54 Å². The zero-order chi connectivity index (χ0) is 14.7. The summed E-state index contributed by atoms with van der Waals surface area (Å²) in [6, 6.07) is 0. The first-order chi connectivity index (χ1) is 8.68. The average Bonchev–Trinajstić information content (AvgIpc) is 2.67. The van der Waals surface area contributed by atoms with Crippen LogP contribution in [0.3, 0.4) is 0 Å². The van der Waals surface area contributed by atoms with E-state index < -0.39 is 13.9 Å². The van der Waals surface area contributed by atoms with E-state index in [2.05, 4.69) is 12.0 Å². The van der Waals surface area contributed by atoms with Crippen molar-refractivity contribution in [3.8, 4) is 0 Å². The molecule has 0 radical (unpaired) electrons. The SMILES string of the molecule is CCCCCCN1N=CN(C(Cl)(Cl)Cl)C1C(Cl)(Cl)Cl. The largest absolute Gasteiger partial charge is 0.290 e. The summed E-state index contributed by atoms with van der Waals surface area (Å²) in [7, 11) is 0. The van der Waals surface area contributed by atoms with Crippen molar-refractivity contribution in [2.24, 2.45) is 5.10 Å². The van der Waals surface area contributed by atoms with Gasteiger partial charge in [0.1, 0.15) is 6.34 Å². The van der Waals surface area contributed by atoms with E-state index in [1.807, 2.05) is 0 Å². The first kappa shape index (κ1) is 18.1. The van der Waals surface area contributed by atoms with E-state index in [0.717, 1.165) is 25.7 Å². The second-order valence-electron chi connectivity index (χ2n) is 4.25. The molecule has 1 heterocycles. The van der Waals surface area contributed by atoms with Crippen LogP contribution in [0.1, 0.15) is 32.6 Å². The van der Waals surface area contributed by atoms with Crippen molar-refractivity contribution >= 4 is 75.9 Å². The molecule has 19 heavy (non-hydrogen) atoms. The van der Waals surface area contributed by atoms with E-state index in [1.54, 1.807) is 5.01 Å². The second-order valence-corrected chi connectivity index (χ2v) is 8.84. The molecule has 112 valence electrons. The third-order valence-corrected chi connectivity index (χ3v) is 3.87. The lowest BCUT2D eigenvalue weighted by molar-refractivity contribution is 0.130. The van der Waals surface area contributed by atoms with E-state index in [9.17, 15) is 0 Å². The van der Waals surface area contributed by atoms with Crippen molar-refractivity contribution in [1.29, 1.82) is 0 Å². The summed E-state index contributed by atoms with van der Waals surface area (Å²) in [4.78, 5) is 1.31. The number of alkyl halides is 6. The number of hydrazone groups is 1. The summed E-state index contributed by atoms with van der Waals surface area (Å²) < 4.78 is -3.35. The van der Waals surface area contributed by atoms with Crippen LogP contribution < -0.4 is 0 Å². The van der Waals surface area contributed by atoms with Crippen molar-refractivity contribution in [3.05, 3.63) is 0 Å². The molecule has 3 nitrogen and oxygen atoms in total. The molecule has 0 amide bonds. The Balaban J connectivity index is 2.69. The fraction of sp³-hybridized carbons (Fsp3) is 0.900. The van der Waals surface area contributed by atoms with Crippen molar-refractivity contribution < 1.29 is 0 Å². The lowest BCUT2D eigenvalue weighted by Gasteiger charge is -2.38. The molecule has 0 aromatic rings. The Morgan fingerprint density at radius 1 is 1.05 bits per heavy atom. The van der Waals surface area contributed by atoms with Gasteiger partial charge >= 0.3 is 0 Å². The highest BCUT2D eigenvalue weighted by atomic mass is 35.6. The van der Waals surface area contributed by atoms with Crippen LogP contribution in [0.4, 0.5) is 0 Å². The highest BCUT2D eigenvalue weighted by Crippen LogP contribution is 2.43. The fourth-order valence-electron chi connectivity index (χ4n) is 1.80. The Kier molecular flexibility index (Phi) is 6.96. The van der Waals surface area contributed by atoms with Gasteiger partial charge < -0.3 is 0 Å². The summed E-state index contributed by atoms with van der Waals surface area (Å²) in [5.74, 6) is 0. The topological polar surface area (TPSA) is 18.8 Å². The molecule has 0 N–H and O–H groups in total. The van der Waals surface area contributed by atoms with Crippen LogP contribution in [-0.2, 0) is 0 Å². The smallest absolute Gasteiger partial charge is 0.270 e. The molecular weight excluding hydrogens is 375 g/mol. The number of unbranched alkanes of at least 4 members (excludes halogenated alkanes) is 3. The number of hydrogen-bond donors (Lipinski definition) is 0. The maximum absolute atomic E-state index is 5.97. The lowest BCUT2D eigenvalue weighted by Crippen LogP contribution is -2.53. The number of rotatable bonds is 5. The van der Waals surface area contributed by atoms with Crippen LogP contribution in [0.2, 0.25) is 0 Å². The van der Waals surface area contributed by atoms with Gasteiger partial charge in [0, 0.05) is 6.54 Å². The molecule has 1 unspecified atom stereocenters. The van der Waals surface area contributed by atoms with Crippen molar-refractivity contribution in [3.63, 3.8) is 0 Å². The van der Waals surface area contributed by atoms with E-state index in [1.165, 1.54) is 11.2 Å². The molecule has 0 aromatic carbocycles. The van der Waals surface area contributed by atoms with Crippen molar-refractivity contribution in [2.45, 2.75) is 46.5 Å². The monoisotopic (exact) mass is 387 g/mol. The van der Waals surface area contributed by atoms with Crippen molar-refractivity contribution in [1.82, 2.24) is 9.91 Å². The molecule has 1 aliphatic heterocycles. The van der Waals surface area contributed by atoms with Gasteiger partial charge in [-0.15, -0.1) is 0 Å². The molecule has 0 saturated heterocycles. The minimum absolute atomic E-state index is 0.645. The average molecular weight is 390 g/mol. The molecule has 9 heteroatoms. The third-order valence-electron chi connectivity index (χ3n) is 2.70. The lowest BCUT2D eigenvalue weighted by atomic mass is 10.2. The Hall–Kier alpha value is 1.01. The molecule has 0 bridgehead atoms. The van der Waals surface area contributed by atoms with Crippen LogP contribution >= 0.6 is 69.6 Å². The van der Waals surface area contributed by atoms with E-state index in [4.69, 9.17) is 69.6 Å². The summed E-state index contributed by atoms with van der Waals surface area (Å²) in [6.45, 7) is 2.79. The Labute approximate surface area is 143 Å². The van der Waals surface area contributed by atoms with E-state index in [-0.39, 0.29) is 0 Å². The first-order valence-electron chi connectivity index (χ1n) is 5.90. The highest BCUT2D eigenvalue weighted by molar-refractivity contribution is 6.69. The predicted octanol–water partition coefficient (Wildman–Crippen LogP) is 5.15. The van der Waals surface area contributed by atoms with Gasteiger partial charge in [-0.2, -0.15) is 5.10 Å². The van der Waals surface area contributed by atoms with E-state index in [0.29, 0.717) is 6.54 Å². The third kappa shape index (κ3) is 5.37.